The van der Waals surface area contributed by atoms with Crippen LogP contribution in [0.3, 0.4) is 0 Å². The molecular formula is C11H15NO. The Morgan fingerprint density at radius 2 is 2.31 bits per heavy atom. The number of rotatable bonds is 3. The molecule has 2 rings (SSSR count). The number of nitrogens with one attached hydrogen (secondary N) is 1. The maximum absolute atomic E-state index is 4.86. The van der Waals surface area contributed by atoms with Crippen molar-refractivity contribution in [3.63, 3.8) is 0 Å². The Bertz CT molecular complexity index is 296. The zero-order valence-electron chi connectivity index (χ0n) is 7.97. The molecule has 0 spiro atoms. The van der Waals surface area contributed by atoms with E-state index in [1.54, 1.807) is 7.11 Å². The molecule has 0 aromatic heterocycles. The second-order valence-electron chi connectivity index (χ2n) is 3.43. The van der Waals surface area contributed by atoms with Gasteiger partial charge in [0, 0.05) is 6.54 Å². The van der Waals surface area contributed by atoms with Gasteiger partial charge in [-0.15, -0.1) is 0 Å². The van der Waals surface area contributed by atoms with Gasteiger partial charge < -0.3 is 4.84 Å². The average molecular weight is 177 g/mol. The zero-order chi connectivity index (χ0) is 9.10. The first-order valence-electron chi connectivity index (χ1n) is 4.77. The van der Waals surface area contributed by atoms with Gasteiger partial charge in [-0.1, -0.05) is 18.2 Å². The lowest BCUT2D eigenvalue weighted by Gasteiger charge is -2.07. The van der Waals surface area contributed by atoms with Crippen LogP contribution >= 0.6 is 0 Å². The fourth-order valence-electron chi connectivity index (χ4n) is 2.01. The first-order valence-corrected chi connectivity index (χ1v) is 4.77. The Morgan fingerprint density at radius 1 is 1.38 bits per heavy atom. The molecule has 0 amide bonds. The van der Waals surface area contributed by atoms with Crippen LogP contribution in [0.2, 0.25) is 0 Å². The van der Waals surface area contributed by atoms with Crippen LogP contribution in [0, 0.1) is 0 Å². The fourth-order valence-corrected chi connectivity index (χ4v) is 2.01. The minimum atomic E-state index is 0.819. The quantitative estimate of drug-likeness (QED) is 0.711. The van der Waals surface area contributed by atoms with Gasteiger partial charge in [-0.05, 0) is 36.0 Å². The Morgan fingerprint density at radius 3 is 3.15 bits per heavy atom. The molecule has 0 aliphatic heterocycles. The van der Waals surface area contributed by atoms with Crippen LogP contribution in [0.4, 0.5) is 0 Å². The monoisotopic (exact) mass is 177 g/mol. The molecule has 1 N–H and O–H groups in total. The molecular weight excluding hydrogens is 162 g/mol. The van der Waals surface area contributed by atoms with Gasteiger partial charge in [0.25, 0.3) is 0 Å². The number of aryl methyl sites for hydroxylation is 1. The van der Waals surface area contributed by atoms with E-state index in [1.807, 2.05) is 0 Å². The van der Waals surface area contributed by atoms with Crippen molar-refractivity contribution >= 4 is 0 Å². The number of hydrogen-bond donors (Lipinski definition) is 1. The first kappa shape index (κ1) is 8.73. The highest BCUT2D eigenvalue weighted by atomic mass is 16.6. The van der Waals surface area contributed by atoms with E-state index in [0.717, 1.165) is 6.54 Å². The van der Waals surface area contributed by atoms with E-state index in [0.29, 0.717) is 0 Å². The summed E-state index contributed by atoms with van der Waals surface area (Å²) in [5.74, 6) is 0. The summed E-state index contributed by atoms with van der Waals surface area (Å²) in [5, 5.41) is 0. The lowest BCUT2D eigenvalue weighted by Crippen LogP contribution is -2.12. The molecule has 0 saturated heterocycles. The van der Waals surface area contributed by atoms with Crippen LogP contribution < -0.4 is 5.48 Å². The van der Waals surface area contributed by atoms with Crippen molar-refractivity contribution in [1.82, 2.24) is 5.48 Å². The van der Waals surface area contributed by atoms with Crippen molar-refractivity contribution in [1.29, 1.82) is 0 Å². The highest BCUT2D eigenvalue weighted by Crippen LogP contribution is 2.24. The van der Waals surface area contributed by atoms with Crippen LogP contribution in [0.15, 0.2) is 18.2 Å². The summed E-state index contributed by atoms with van der Waals surface area (Å²) in [7, 11) is 1.66. The van der Waals surface area contributed by atoms with Gasteiger partial charge in [0.2, 0.25) is 0 Å². The normalized spacial score (nSPS) is 14.5. The van der Waals surface area contributed by atoms with Crippen molar-refractivity contribution in [3.8, 4) is 0 Å². The third kappa shape index (κ3) is 1.74. The summed E-state index contributed by atoms with van der Waals surface area (Å²) in [5.41, 5.74) is 7.34. The molecule has 0 atom stereocenters. The van der Waals surface area contributed by atoms with E-state index in [-0.39, 0.29) is 0 Å². The number of benzene rings is 1. The van der Waals surface area contributed by atoms with E-state index in [4.69, 9.17) is 4.84 Å². The molecule has 0 radical (unpaired) electrons. The van der Waals surface area contributed by atoms with Crippen LogP contribution in [-0.4, -0.2) is 7.11 Å². The minimum Gasteiger partial charge on any atom is -0.305 e. The molecule has 0 fully saturated rings. The summed E-state index contributed by atoms with van der Waals surface area (Å²) in [6.07, 6.45) is 3.78. The van der Waals surface area contributed by atoms with Crippen molar-refractivity contribution in [2.45, 2.75) is 25.8 Å². The lowest BCUT2D eigenvalue weighted by molar-refractivity contribution is 0.0865. The molecule has 1 aliphatic carbocycles. The third-order valence-electron chi connectivity index (χ3n) is 2.65. The molecule has 0 bridgehead atoms. The summed E-state index contributed by atoms with van der Waals surface area (Å²) in [4.78, 5) is 4.86. The van der Waals surface area contributed by atoms with Gasteiger partial charge in [0.05, 0.1) is 7.11 Å². The topological polar surface area (TPSA) is 21.3 Å². The van der Waals surface area contributed by atoms with Gasteiger partial charge in [0.1, 0.15) is 0 Å². The summed E-state index contributed by atoms with van der Waals surface area (Å²) >= 11 is 0. The molecule has 0 heterocycles. The largest absolute Gasteiger partial charge is 0.305 e. The Hall–Kier alpha value is -0.860. The van der Waals surface area contributed by atoms with Crippen molar-refractivity contribution in [2.24, 2.45) is 0 Å². The predicted molar refractivity (Wildman–Crippen MR) is 52.3 cm³/mol. The van der Waals surface area contributed by atoms with Crippen LogP contribution in [0.25, 0.3) is 0 Å². The third-order valence-corrected chi connectivity index (χ3v) is 2.65. The fraction of sp³-hybridized carbons (Fsp3) is 0.455. The van der Waals surface area contributed by atoms with Gasteiger partial charge in [-0.25, -0.2) is 0 Å². The number of hydrogen-bond acceptors (Lipinski definition) is 2. The van der Waals surface area contributed by atoms with E-state index in [2.05, 4.69) is 23.7 Å². The zero-order valence-corrected chi connectivity index (χ0v) is 7.97. The highest BCUT2D eigenvalue weighted by molar-refractivity contribution is 5.38. The molecule has 1 aliphatic rings. The highest BCUT2D eigenvalue weighted by Gasteiger charge is 2.13. The molecule has 2 heteroatoms. The summed E-state index contributed by atoms with van der Waals surface area (Å²) < 4.78 is 0. The second-order valence-corrected chi connectivity index (χ2v) is 3.43. The van der Waals surface area contributed by atoms with E-state index < -0.39 is 0 Å². The smallest absolute Gasteiger partial charge is 0.0572 e. The SMILES string of the molecule is CONCc1cccc2c1CCC2. The summed E-state index contributed by atoms with van der Waals surface area (Å²) in [6.45, 7) is 0.819. The molecule has 0 unspecified atom stereocenters. The Balaban J connectivity index is 2.20. The standard InChI is InChI=1S/C11H15NO/c1-13-12-8-10-6-2-4-9-5-3-7-11(9)10/h2,4,6,12H,3,5,7-8H2,1H3. The lowest BCUT2D eigenvalue weighted by atomic mass is 10.0. The van der Waals surface area contributed by atoms with Crippen molar-refractivity contribution in [2.75, 3.05) is 7.11 Å². The number of fused-ring (bicyclic) bond motifs is 1. The molecule has 13 heavy (non-hydrogen) atoms. The van der Waals surface area contributed by atoms with Gasteiger partial charge in [-0.3, -0.25) is 0 Å². The molecule has 2 nitrogen and oxygen atoms in total. The van der Waals surface area contributed by atoms with Gasteiger partial charge in [0.15, 0.2) is 0 Å². The number of hydroxylamine groups is 1. The molecule has 1 aromatic carbocycles. The minimum absolute atomic E-state index is 0.819. The Labute approximate surface area is 78.9 Å². The summed E-state index contributed by atoms with van der Waals surface area (Å²) in [6, 6.07) is 6.55. The first-order chi connectivity index (χ1) is 6.42. The predicted octanol–water partition coefficient (Wildman–Crippen LogP) is 1.83. The van der Waals surface area contributed by atoms with Crippen molar-refractivity contribution < 1.29 is 4.84 Å². The van der Waals surface area contributed by atoms with E-state index in [9.17, 15) is 0 Å². The second kappa shape index (κ2) is 3.90. The maximum Gasteiger partial charge on any atom is 0.0572 e. The maximum atomic E-state index is 4.86. The average Bonchev–Trinajstić information content (AvgIpc) is 2.62. The molecule has 0 saturated carbocycles. The molecule has 1 aromatic rings. The van der Waals surface area contributed by atoms with Gasteiger partial charge >= 0.3 is 0 Å². The van der Waals surface area contributed by atoms with Gasteiger partial charge in [-0.2, -0.15) is 5.48 Å². The molecule has 70 valence electrons. The van der Waals surface area contributed by atoms with Crippen LogP contribution in [-0.2, 0) is 24.2 Å². The van der Waals surface area contributed by atoms with Crippen LogP contribution in [0.5, 0.6) is 0 Å². The Kier molecular flexibility index (Phi) is 2.62. The van der Waals surface area contributed by atoms with Crippen LogP contribution in [0.1, 0.15) is 23.1 Å². The van der Waals surface area contributed by atoms with E-state index in [1.165, 1.54) is 36.0 Å². The van der Waals surface area contributed by atoms with Crippen molar-refractivity contribution in [3.05, 3.63) is 34.9 Å². The van der Waals surface area contributed by atoms with E-state index >= 15 is 0 Å².